The zero-order chi connectivity index (χ0) is 23.5. The number of rotatable bonds is 6. The first-order chi connectivity index (χ1) is 15.9. The van der Waals surface area contributed by atoms with E-state index in [0.29, 0.717) is 38.8 Å². The summed E-state index contributed by atoms with van der Waals surface area (Å²) >= 11 is 12.5. The maximum atomic E-state index is 13.2. The molecule has 2 aromatic heterocycles. The number of hydrogen-bond donors (Lipinski definition) is 0. The Morgan fingerprint density at radius 1 is 1.06 bits per heavy atom. The lowest BCUT2D eigenvalue weighted by atomic mass is 10.1. The van der Waals surface area contributed by atoms with Gasteiger partial charge in [-0.2, -0.15) is 0 Å². The normalized spacial score (nSPS) is 10.9. The minimum absolute atomic E-state index is 0.0425. The molecule has 4 aromatic rings. The fraction of sp³-hybridized carbons (Fsp3) is 0.160. The van der Waals surface area contributed by atoms with Gasteiger partial charge in [0, 0.05) is 34.5 Å². The first-order valence-corrected chi connectivity index (χ1v) is 11.0. The largest absolute Gasteiger partial charge is 0.497 e. The van der Waals surface area contributed by atoms with Crippen molar-refractivity contribution in [2.45, 2.75) is 13.5 Å². The summed E-state index contributed by atoms with van der Waals surface area (Å²) in [4.78, 5) is 30.3. The van der Waals surface area contributed by atoms with Gasteiger partial charge in [0.15, 0.2) is 0 Å². The predicted molar refractivity (Wildman–Crippen MR) is 130 cm³/mol. The first kappa shape index (κ1) is 22.8. The molecule has 0 aliphatic rings. The molecule has 0 atom stereocenters. The van der Waals surface area contributed by atoms with Crippen LogP contribution in [0.5, 0.6) is 5.75 Å². The summed E-state index contributed by atoms with van der Waals surface area (Å²) in [6.07, 6.45) is 3.05. The molecule has 168 valence electrons. The van der Waals surface area contributed by atoms with Crippen LogP contribution < -0.4 is 10.2 Å². The van der Waals surface area contributed by atoms with Crippen LogP contribution in [0.15, 0.2) is 65.7 Å². The molecule has 0 saturated heterocycles. The third kappa shape index (κ3) is 4.72. The van der Waals surface area contributed by atoms with Gasteiger partial charge in [-0.3, -0.25) is 9.78 Å². The summed E-state index contributed by atoms with van der Waals surface area (Å²) in [7, 11) is 1.60. The smallest absolute Gasteiger partial charge is 0.343 e. The summed E-state index contributed by atoms with van der Waals surface area (Å²) in [6, 6.07) is 14.2. The molecule has 6 nitrogen and oxygen atoms in total. The van der Waals surface area contributed by atoms with Crippen molar-refractivity contribution >= 4 is 40.1 Å². The molecule has 33 heavy (non-hydrogen) atoms. The van der Waals surface area contributed by atoms with Crippen LogP contribution in [0.4, 0.5) is 0 Å². The van der Waals surface area contributed by atoms with Crippen LogP contribution in [-0.4, -0.2) is 29.2 Å². The molecule has 0 saturated carbocycles. The Bertz CT molecular complexity index is 1380. The summed E-state index contributed by atoms with van der Waals surface area (Å²) < 4.78 is 12.2. The first-order valence-electron chi connectivity index (χ1n) is 10.2. The number of hydrogen-bond acceptors (Lipinski definition) is 5. The fourth-order valence-corrected chi connectivity index (χ4v) is 4.19. The zero-order valence-corrected chi connectivity index (χ0v) is 19.5. The third-order valence-corrected chi connectivity index (χ3v) is 5.57. The topological polar surface area (TPSA) is 70.4 Å². The van der Waals surface area contributed by atoms with Crippen molar-refractivity contribution in [3.05, 3.63) is 92.3 Å². The van der Waals surface area contributed by atoms with E-state index in [1.165, 1.54) is 12.4 Å². The minimum atomic E-state index is -0.669. The van der Waals surface area contributed by atoms with Crippen molar-refractivity contribution in [3.63, 3.8) is 0 Å². The van der Waals surface area contributed by atoms with Gasteiger partial charge in [-0.05, 0) is 48.9 Å². The van der Waals surface area contributed by atoms with E-state index in [9.17, 15) is 9.59 Å². The van der Waals surface area contributed by atoms with Crippen molar-refractivity contribution < 1.29 is 14.3 Å². The average molecular weight is 483 g/mol. The molecule has 0 radical (unpaired) electrons. The number of esters is 1. The Balaban J connectivity index is 1.99. The highest BCUT2D eigenvalue weighted by atomic mass is 35.5. The molecule has 0 bridgehead atoms. The standard InChI is InChI=1S/C25H20Cl2N2O4/c1-3-33-25(31)21-14-29(13-15-4-6-19(32-2)7-5-15)23-20(24(21)30)8-9-28-22(23)16-10-17(26)12-18(27)11-16/h4-12,14H,3,13H2,1-2H3. The molecule has 0 aliphatic heterocycles. The van der Waals surface area contributed by atoms with Gasteiger partial charge in [-0.25, -0.2) is 4.79 Å². The highest BCUT2D eigenvalue weighted by Gasteiger charge is 2.20. The van der Waals surface area contributed by atoms with Crippen LogP contribution in [0.25, 0.3) is 22.2 Å². The van der Waals surface area contributed by atoms with Gasteiger partial charge in [0.05, 0.1) is 30.3 Å². The van der Waals surface area contributed by atoms with Gasteiger partial charge in [0.2, 0.25) is 5.43 Å². The lowest BCUT2D eigenvalue weighted by molar-refractivity contribution is 0.0524. The fourth-order valence-electron chi connectivity index (χ4n) is 3.66. The van der Waals surface area contributed by atoms with E-state index >= 15 is 0 Å². The van der Waals surface area contributed by atoms with E-state index in [-0.39, 0.29) is 12.2 Å². The molecule has 2 heterocycles. The lowest BCUT2D eigenvalue weighted by Gasteiger charge is -2.16. The van der Waals surface area contributed by atoms with E-state index in [1.807, 2.05) is 28.8 Å². The number of aromatic nitrogens is 2. The van der Waals surface area contributed by atoms with Crippen molar-refractivity contribution in [2.24, 2.45) is 0 Å². The van der Waals surface area contributed by atoms with Crippen molar-refractivity contribution in [1.82, 2.24) is 9.55 Å². The summed E-state index contributed by atoms with van der Waals surface area (Å²) in [5, 5.41) is 1.24. The molecule has 0 fully saturated rings. The van der Waals surface area contributed by atoms with E-state index in [2.05, 4.69) is 4.98 Å². The molecular formula is C25H20Cl2N2O4. The molecule has 8 heteroatoms. The quantitative estimate of drug-likeness (QED) is 0.334. The van der Waals surface area contributed by atoms with Gasteiger partial charge in [0.1, 0.15) is 11.3 Å². The average Bonchev–Trinajstić information content (AvgIpc) is 2.80. The van der Waals surface area contributed by atoms with Crippen molar-refractivity contribution in [2.75, 3.05) is 13.7 Å². The highest BCUT2D eigenvalue weighted by molar-refractivity contribution is 6.35. The van der Waals surface area contributed by atoms with E-state index in [0.717, 1.165) is 11.3 Å². The maximum Gasteiger partial charge on any atom is 0.343 e. The Hall–Kier alpha value is -3.35. The van der Waals surface area contributed by atoms with Crippen LogP contribution in [-0.2, 0) is 11.3 Å². The Morgan fingerprint density at radius 2 is 1.76 bits per heavy atom. The molecule has 4 rings (SSSR count). The van der Waals surface area contributed by atoms with Crippen LogP contribution >= 0.6 is 23.2 Å². The minimum Gasteiger partial charge on any atom is -0.497 e. The second-order valence-electron chi connectivity index (χ2n) is 7.28. The number of halogens is 2. The van der Waals surface area contributed by atoms with Gasteiger partial charge >= 0.3 is 5.97 Å². The van der Waals surface area contributed by atoms with Gasteiger partial charge in [-0.1, -0.05) is 35.3 Å². The van der Waals surface area contributed by atoms with Crippen LogP contribution in [0.2, 0.25) is 10.0 Å². The Labute approximate surface area is 200 Å². The predicted octanol–water partition coefficient (Wildman–Crippen LogP) is 5.60. The van der Waals surface area contributed by atoms with E-state index < -0.39 is 11.4 Å². The number of nitrogens with zero attached hydrogens (tertiary/aromatic N) is 2. The second-order valence-corrected chi connectivity index (χ2v) is 8.16. The monoisotopic (exact) mass is 482 g/mol. The van der Waals surface area contributed by atoms with Gasteiger partial charge in [0.25, 0.3) is 0 Å². The molecule has 0 N–H and O–H groups in total. The van der Waals surface area contributed by atoms with Crippen LogP contribution in [0, 0.1) is 0 Å². The number of fused-ring (bicyclic) bond motifs is 1. The maximum absolute atomic E-state index is 13.2. The molecule has 2 aromatic carbocycles. The molecule has 0 amide bonds. The van der Waals surface area contributed by atoms with Gasteiger partial charge < -0.3 is 14.0 Å². The van der Waals surface area contributed by atoms with E-state index in [4.69, 9.17) is 32.7 Å². The van der Waals surface area contributed by atoms with E-state index in [1.54, 1.807) is 38.3 Å². The number of ether oxygens (including phenoxy) is 2. The summed E-state index contributed by atoms with van der Waals surface area (Å²) in [5.74, 6) is 0.0590. The second kappa shape index (κ2) is 9.65. The zero-order valence-electron chi connectivity index (χ0n) is 18.0. The molecule has 0 spiro atoms. The Kier molecular flexibility index (Phi) is 6.67. The third-order valence-electron chi connectivity index (χ3n) is 5.13. The molecule has 0 aliphatic carbocycles. The summed E-state index contributed by atoms with van der Waals surface area (Å²) in [5.41, 5.74) is 2.22. The number of carbonyl (C=O) groups excluding carboxylic acids is 1. The molecular weight excluding hydrogens is 463 g/mol. The number of methoxy groups -OCH3 is 1. The Morgan fingerprint density at radius 3 is 2.39 bits per heavy atom. The number of benzene rings is 2. The SMILES string of the molecule is CCOC(=O)c1cn(Cc2ccc(OC)cc2)c2c(-c3cc(Cl)cc(Cl)c3)nccc2c1=O. The van der Waals surface area contributed by atoms with Gasteiger partial charge in [-0.15, -0.1) is 0 Å². The number of carbonyl (C=O) groups is 1. The molecule has 0 unspecified atom stereocenters. The number of pyridine rings is 2. The highest BCUT2D eigenvalue weighted by Crippen LogP contribution is 2.31. The van der Waals surface area contributed by atoms with Crippen LogP contribution in [0.1, 0.15) is 22.8 Å². The summed E-state index contributed by atoms with van der Waals surface area (Å²) in [6.45, 7) is 2.23. The lowest BCUT2D eigenvalue weighted by Crippen LogP contribution is -2.21. The van der Waals surface area contributed by atoms with Crippen LogP contribution in [0.3, 0.4) is 0 Å². The van der Waals surface area contributed by atoms with Crippen molar-refractivity contribution in [1.29, 1.82) is 0 Å². The van der Waals surface area contributed by atoms with Crippen molar-refractivity contribution in [3.8, 4) is 17.0 Å².